The fraction of sp³-hybridized carbons (Fsp3) is 0.429. The molecule has 1 atom stereocenters. The number of benzene rings is 1. The zero-order chi connectivity index (χ0) is 13.2. The van der Waals surface area contributed by atoms with Gasteiger partial charge < -0.3 is 0 Å². The molecule has 1 unspecified atom stereocenters. The number of rotatable bonds is 4. The summed E-state index contributed by atoms with van der Waals surface area (Å²) in [5.41, 5.74) is 7.07. The van der Waals surface area contributed by atoms with E-state index in [0.717, 1.165) is 12.2 Å². The average molecular weight is 257 g/mol. The maximum absolute atomic E-state index is 5.71. The van der Waals surface area contributed by atoms with Crippen molar-refractivity contribution < 1.29 is 0 Å². The number of hydrogen-bond acceptors (Lipinski definition) is 4. The third kappa shape index (κ3) is 2.39. The lowest BCUT2D eigenvalue weighted by atomic mass is 9.99. The van der Waals surface area contributed by atoms with Crippen molar-refractivity contribution in [3.8, 4) is 0 Å². The first kappa shape index (κ1) is 12.3. The van der Waals surface area contributed by atoms with Crippen molar-refractivity contribution in [2.24, 2.45) is 12.9 Å². The van der Waals surface area contributed by atoms with Crippen LogP contribution in [0.25, 0.3) is 0 Å². The van der Waals surface area contributed by atoms with Crippen LogP contribution in [0.5, 0.6) is 0 Å². The molecule has 5 nitrogen and oxygen atoms in total. The Bertz CT molecular complexity index is 575. The van der Waals surface area contributed by atoms with Gasteiger partial charge in [0.15, 0.2) is 0 Å². The van der Waals surface area contributed by atoms with E-state index in [1.54, 1.807) is 11.0 Å². The van der Waals surface area contributed by atoms with Gasteiger partial charge in [-0.1, -0.05) is 18.2 Å². The van der Waals surface area contributed by atoms with Gasteiger partial charge in [0, 0.05) is 13.5 Å². The highest BCUT2D eigenvalue weighted by molar-refractivity contribution is 5.36. The first-order valence-electron chi connectivity index (χ1n) is 6.68. The van der Waals surface area contributed by atoms with Gasteiger partial charge >= 0.3 is 0 Å². The lowest BCUT2D eigenvalue weighted by Crippen LogP contribution is -2.30. The van der Waals surface area contributed by atoms with Crippen LogP contribution in [-0.2, 0) is 26.3 Å². The number of nitrogens with one attached hydrogen (secondary N) is 1. The minimum atomic E-state index is 0.0776. The summed E-state index contributed by atoms with van der Waals surface area (Å²) in [6.07, 6.45) is 5.98. The second-order valence-electron chi connectivity index (χ2n) is 5.10. The lowest BCUT2D eigenvalue weighted by Gasteiger charge is -2.17. The van der Waals surface area contributed by atoms with Crippen molar-refractivity contribution in [1.29, 1.82) is 0 Å². The van der Waals surface area contributed by atoms with Crippen molar-refractivity contribution >= 4 is 0 Å². The molecule has 2 aromatic rings. The van der Waals surface area contributed by atoms with Crippen molar-refractivity contribution in [2.75, 3.05) is 0 Å². The van der Waals surface area contributed by atoms with E-state index in [0.29, 0.717) is 0 Å². The smallest absolute Gasteiger partial charge is 0.138 e. The zero-order valence-corrected chi connectivity index (χ0v) is 11.1. The summed E-state index contributed by atoms with van der Waals surface area (Å²) in [6.45, 7) is 0. The van der Waals surface area contributed by atoms with Crippen LogP contribution < -0.4 is 11.3 Å². The highest BCUT2D eigenvalue weighted by atomic mass is 15.3. The van der Waals surface area contributed by atoms with Gasteiger partial charge in [-0.25, -0.2) is 4.98 Å². The Kier molecular flexibility index (Phi) is 3.31. The van der Waals surface area contributed by atoms with Gasteiger partial charge in [-0.3, -0.25) is 16.0 Å². The monoisotopic (exact) mass is 257 g/mol. The van der Waals surface area contributed by atoms with Gasteiger partial charge in [0.1, 0.15) is 12.2 Å². The SMILES string of the molecule is Cn1ncnc1CC(NN)c1ccc2c(c1)CCC2. The van der Waals surface area contributed by atoms with E-state index < -0.39 is 0 Å². The summed E-state index contributed by atoms with van der Waals surface area (Å²) in [4.78, 5) is 4.26. The fourth-order valence-corrected chi connectivity index (χ4v) is 2.77. The molecule has 100 valence electrons. The van der Waals surface area contributed by atoms with E-state index in [4.69, 9.17) is 5.84 Å². The molecule has 0 bridgehead atoms. The molecule has 1 heterocycles. The third-order valence-electron chi connectivity index (χ3n) is 3.92. The van der Waals surface area contributed by atoms with Crippen LogP contribution >= 0.6 is 0 Å². The Hall–Kier alpha value is -1.72. The van der Waals surface area contributed by atoms with Crippen LogP contribution in [0, 0.1) is 0 Å². The Morgan fingerprint density at radius 3 is 2.95 bits per heavy atom. The number of aromatic nitrogens is 3. The highest BCUT2D eigenvalue weighted by Crippen LogP contribution is 2.26. The summed E-state index contributed by atoms with van der Waals surface area (Å²) in [5, 5.41) is 4.09. The number of nitrogens with two attached hydrogens (primary N) is 1. The van der Waals surface area contributed by atoms with Gasteiger partial charge in [0.25, 0.3) is 0 Å². The average Bonchev–Trinajstić information content (AvgIpc) is 3.04. The largest absolute Gasteiger partial charge is 0.271 e. The first-order chi connectivity index (χ1) is 9.28. The van der Waals surface area contributed by atoms with Gasteiger partial charge in [-0.05, 0) is 36.0 Å². The van der Waals surface area contributed by atoms with E-state index in [-0.39, 0.29) is 6.04 Å². The molecule has 5 heteroatoms. The molecule has 1 aromatic carbocycles. The maximum atomic E-state index is 5.71. The molecule has 19 heavy (non-hydrogen) atoms. The standard InChI is InChI=1S/C14H19N5/c1-19-14(16-9-17-19)8-13(18-15)12-6-5-10-3-2-4-11(10)7-12/h5-7,9,13,18H,2-4,8,15H2,1H3. The van der Waals surface area contributed by atoms with E-state index in [2.05, 4.69) is 33.7 Å². The molecule has 1 aliphatic carbocycles. The van der Waals surface area contributed by atoms with E-state index in [1.807, 2.05) is 7.05 Å². The second kappa shape index (κ2) is 5.11. The second-order valence-corrected chi connectivity index (χ2v) is 5.10. The minimum Gasteiger partial charge on any atom is -0.271 e. The predicted molar refractivity (Wildman–Crippen MR) is 73.2 cm³/mol. The van der Waals surface area contributed by atoms with Crippen molar-refractivity contribution in [3.63, 3.8) is 0 Å². The zero-order valence-electron chi connectivity index (χ0n) is 11.1. The Morgan fingerprint density at radius 1 is 1.37 bits per heavy atom. The van der Waals surface area contributed by atoms with Crippen molar-refractivity contribution in [1.82, 2.24) is 20.2 Å². The Morgan fingerprint density at radius 2 is 2.21 bits per heavy atom. The molecule has 0 saturated heterocycles. The Balaban J connectivity index is 1.84. The van der Waals surface area contributed by atoms with E-state index >= 15 is 0 Å². The van der Waals surface area contributed by atoms with Gasteiger partial charge in [0.2, 0.25) is 0 Å². The lowest BCUT2D eigenvalue weighted by molar-refractivity contribution is 0.523. The summed E-state index contributed by atoms with van der Waals surface area (Å²) < 4.78 is 1.79. The molecule has 1 aliphatic rings. The van der Waals surface area contributed by atoms with E-state index in [1.165, 1.54) is 36.0 Å². The molecular formula is C14H19N5. The van der Waals surface area contributed by atoms with Crippen LogP contribution in [0.3, 0.4) is 0 Å². The quantitative estimate of drug-likeness (QED) is 0.634. The molecule has 0 saturated carbocycles. The normalized spacial score (nSPS) is 15.5. The van der Waals surface area contributed by atoms with Gasteiger partial charge in [-0.2, -0.15) is 5.10 Å². The maximum Gasteiger partial charge on any atom is 0.138 e. The van der Waals surface area contributed by atoms with Crippen molar-refractivity contribution in [3.05, 3.63) is 47.0 Å². The van der Waals surface area contributed by atoms with Crippen LogP contribution in [0.15, 0.2) is 24.5 Å². The summed E-state index contributed by atoms with van der Waals surface area (Å²) in [5.74, 6) is 6.64. The summed E-state index contributed by atoms with van der Waals surface area (Å²) in [7, 11) is 1.90. The predicted octanol–water partition coefficient (Wildman–Crippen LogP) is 1.05. The first-order valence-corrected chi connectivity index (χ1v) is 6.68. The number of hydrazine groups is 1. The molecule has 0 radical (unpaired) electrons. The Labute approximate surface area is 112 Å². The number of aryl methyl sites for hydroxylation is 3. The molecule has 1 aromatic heterocycles. The molecular weight excluding hydrogens is 238 g/mol. The van der Waals surface area contributed by atoms with Crippen LogP contribution in [-0.4, -0.2) is 14.8 Å². The third-order valence-corrected chi connectivity index (χ3v) is 3.92. The molecule has 0 spiro atoms. The molecule has 0 aliphatic heterocycles. The van der Waals surface area contributed by atoms with Crippen molar-refractivity contribution in [2.45, 2.75) is 31.7 Å². The summed E-state index contributed by atoms with van der Waals surface area (Å²) in [6, 6.07) is 6.77. The molecule has 0 fully saturated rings. The fourth-order valence-electron chi connectivity index (χ4n) is 2.77. The van der Waals surface area contributed by atoms with Crippen LogP contribution in [0.2, 0.25) is 0 Å². The van der Waals surface area contributed by atoms with Crippen LogP contribution in [0.1, 0.15) is 35.0 Å². The van der Waals surface area contributed by atoms with Crippen LogP contribution in [0.4, 0.5) is 0 Å². The molecule has 3 rings (SSSR count). The number of fused-ring (bicyclic) bond motifs is 1. The minimum absolute atomic E-state index is 0.0776. The van der Waals surface area contributed by atoms with Gasteiger partial charge in [0.05, 0.1) is 6.04 Å². The number of hydrogen-bond donors (Lipinski definition) is 2. The topological polar surface area (TPSA) is 68.8 Å². The van der Waals surface area contributed by atoms with Gasteiger partial charge in [-0.15, -0.1) is 0 Å². The number of nitrogens with zero attached hydrogens (tertiary/aromatic N) is 3. The van der Waals surface area contributed by atoms with E-state index in [9.17, 15) is 0 Å². The molecule has 0 amide bonds. The summed E-state index contributed by atoms with van der Waals surface area (Å²) >= 11 is 0. The molecule has 3 N–H and O–H groups in total. The highest BCUT2D eigenvalue weighted by Gasteiger charge is 2.17.